The summed E-state index contributed by atoms with van der Waals surface area (Å²) in [6.07, 6.45) is 3.40. The van der Waals surface area contributed by atoms with Crippen molar-refractivity contribution in [1.82, 2.24) is 4.90 Å². The van der Waals surface area contributed by atoms with E-state index in [1.807, 2.05) is 91.0 Å². The number of hydrogen-bond donors (Lipinski definition) is 0. The van der Waals surface area contributed by atoms with Crippen molar-refractivity contribution >= 4 is 29.1 Å². The number of amides is 1. The van der Waals surface area contributed by atoms with Crippen LogP contribution in [0.15, 0.2) is 114 Å². The van der Waals surface area contributed by atoms with Gasteiger partial charge in [0.2, 0.25) is 0 Å². The average Bonchev–Trinajstić information content (AvgIpc) is 3.09. The predicted molar refractivity (Wildman–Crippen MR) is 125 cm³/mol. The standard InChI is InChI=1S/C25H21N3OS/c1-2-18-28-23(29)25(21-14-8-4-9-15-21,22-16-10-5-11-17-22)30-24(28)27-26-19-20-12-6-3-7-13-20/h2-17,19H,1,18H2. The summed E-state index contributed by atoms with van der Waals surface area (Å²) in [4.78, 5) is 15.4. The van der Waals surface area contributed by atoms with Crippen molar-refractivity contribution in [2.24, 2.45) is 10.2 Å². The Kier molecular flexibility index (Phi) is 5.91. The van der Waals surface area contributed by atoms with Gasteiger partial charge < -0.3 is 0 Å². The van der Waals surface area contributed by atoms with Crippen LogP contribution in [0.3, 0.4) is 0 Å². The molecule has 0 radical (unpaired) electrons. The van der Waals surface area contributed by atoms with Gasteiger partial charge >= 0.3 is 0 Å². The molecule has 1 fully saturated rings. The molecule has 3 aromatic carbocycles. The molecule has 1 amide bonds. The number of amidine groups is 1. The number of benzene rings is 3. The smallest absolute Gasteiger partial charge is 0.254 e. The molecule has 1 aliphatic heterocycles. The second-order valence-corrected chi connectivity index (χ2v) is 7.94. The topological polar surface area (TPSA) is 45.0 Å². The van der Waals surface area contributed by atoms with Gasteiger partial charge in [-0.15, -0.1) is 11.7 Å². The summed E-state index contributed by atoms with van der Waals surface area (Å²) in [5, 5.41) is 9.23. The molecule has 4 rings (SSSR count). The molecule has 0 spiro atoms. The van der Waals surface area contributed by atoms with Gasteiger partial charge in [0.25, 0.3) is 5.91 Å². The molecule has 0 unspecified atom stereocenters. The highest BCUT2D eigenvalue weighted by Crippen LogP contribution is 2.50. The molecule has 1 heterocycles. The number of rotatable bonds is 6. The monoisotopic (exact) mass is 411 g/mol. The first-order chi connectivity index (χ1) is 14.8. The molecule has 0 bridgehead atoms. The first-order valence-corrected chi connectivity index (χ1v) is 10.5. The highest BCUT2D eigenvalue weighted by molar-refractivity contribution is 8.16. The molecular formula is C25H21N3OS. The lowest BCUT2D eigenvalue weighted by Crippen LogP contribution is -2.38. The molecule has 1 saturated heterocycles. The van der Waals surface area contributed by atoms with E-state index in [4.69, 9.17) is 0 Å². The maximum absolute atomic E-state index is 13.8. The zero-order valence-electron chi connectivity index (χ0n) is 16.4. The molecule has 30 heavy (non-hydrogen) atoms. The van der Waals surface area contributed by atoms with Gasteiger partial charge in [-0.2, -0.15) is 5.10 Å². The highest BCUT2D eigenvalue weighted by Gasteiger charge is 2.53. The second-order valence-electron chi connectivity index (χ2n) is 6.76. The number of nitrogens with zero attached hydrogens (tertiary/aromatic N) is 3. The molecule has 0 aromatic heterocycles. The van der Waals surface area contributed by atoms with Gasteiger partial charge in [-0.3, -0.25) is 9.69 Å². The largest absolute Gasteiger partial charge is 0.284 e. The lowest BCUT2D eigenvalue weighted by atomic mass is 9.89. The van der Waals surface area contributed by atoms with E-state index in [0.717, 1.165) is 16.7 Å². The zero-order chi connectivity index (χ0) is 20.8. The normalized spacial score (nSPS) is 17.0. The number of carbonyl (C=O) groups is 1. The van der Waals surface area contributed by atoms with Gasteiger partial charge in [0.1, 0.15) is 0 Å². The molecule has 0 N–H and O–H groups in total. The zero-order valence-corrected chi connectivity index (χ0v) is 17.2. The van der Waals surface area contributed by atoms with Crippen molar-refractivity contribution < 1.29 is 4.79 Å². The van der Waals surface area contributed by atoms with Crippen LogP contribution >= 0.6 is 11.8 Å². The van der Waals surface area contributed by atoms with E-state index >= 15 is 0 Å². The molecule has 0 aliphatic carbocycles. The van der Waals surface area contributed by atoms with Crippen molar-refractivity contribution in [1.29, 1.82) is 0 Å². The van der Waals surface area contributed by atoms with Crippen LogP contribution in [-0.2, 0) is 9.54 Å². The third-order valence-corrected chi connectivity index (χ3v) is 6.28. The Hall–Kier alpha value is -3.44. The highest BCUT2D eigenvalue weighted by atomic mass is 32.2. The lowest BCUT2D eigenvalue weighted by Gasteiger charge is -2.27. The third kappa shape index (κ3) is 3.72. The Morgan fingerprint density at radius 1 is 0.867 bits per heavy atom. The van der Waals surface area contributed by atoms with Gasteiger partial charge in [-0.05, 0) is 16.7 Å². The summed E-state index contributed by atoms with van der Waals surface area (Å²) >= 11 is 1.42. The Balaban J connectivity index is 1.80. The van der Waals surface area contributed by atoms with Crippen LogP contribution in [0.5, 0.6) is 0 Å². The van der Waals surface area contributed by atoms with Crippen LogP contribution in [-0.4, -0.2) is 28.7 Å². The maximum atomic E-state index is 13.8. The average molecular weight is 412 g/mol. The molecular weight excluding hydrogens is 390 g/mol. The number of carbonyl (C=O) groups excluding carboxylic acids is 1. The summed E-state index contributed by atoms with van der Waals surface area (Å²) in [5.41, 5.74) is 2.78. The van der Waals surface area contributed by atoms with Crippen LogP contribution in [0.1, 0.15) is 16.7 Å². The third-order valence-electron chi connectivity index (χ3n) is 4.84. The molecule has 4 nitrogen and oxygen atoms in total. The molecule has 0 saturated carbocycles. The van der Waals surface area contributed by atoms with Crippen LogP contribution in [0.4, 0.5) is 0 Å². The minimum atomic E-state index is -0.910. The fourth-order valence-corrected chi connectivity index (χ4v) is 4.77. The summed E-state index contributed by atoms with van der Waals surface area (Å²) in [7, 11) is 0. The summed E-state index contributed by atoms with van der Waals surface area (Å²) in [5.74, 6) is -0.0431. The summed E-state index contributed by atoms with van der Waals surface area (Å²) < 4.78 is -0.910. The van der Waals surface area contributed by atoms with E-state index in [-0.39, 0.29) is 5.91 Å². The van der Waals surface area contributed by atoms with Gasteiger partial charge in [0.15, 0.2) is 9.91 Å². The van der Waals surface area contributed by atoms with E-state index in [9.17, 15) is 4.79 Å². The van der Waals surface area contributed by atoms with Gasteiger partial charge in [-0.25, -0.2) is 0 Å². The van der Waals surface area contributed by atoms with Crippen LogP contribution in [0, 0.1) is 0 Å². The fraction of sp³-hybridized carbons (Fsp3) is 0.0800. The Labute approximate surface area is 180 Å². The molecule has 1 aliphatic rings. The quantitative estimate of drug-likeness (QED) is 0.322. The lowest BCUT2D eigenvalue weighted by molar-refractivity contribution is -0.127. The SMILES string of the molecule is C=CCN1C(=O)C(c2ccccc2)(c2ccccc2)SC1=NN=Cc1ccccc1. The van der Waals surface area contributed by atoms with Crippen molar-refractivity contribution in [3.05, 3.63) is 120 Å². The van der Waals surface area contributed by atoms with E-state index < -0.39 is 4.75 Å². The van der Waals surface area contributed by atoms with Gasteiger partial charge in [0.05, 0.1) is 6.21 Å². The Bertz CT molecular complexity index is 1040. The Morgan fingerprint density at radius 2 is 1.40 bits per heavy atom. The minimum Gasteiger partial charge on any atom is -0.284 e. The minimum absolute atomic E-state index is 0.0431. The van der Waals surface area contributed by atoms with Crippen molar-refractivity contribution in [2.75, 3.05) is 6.54 Å². The van der Waals surface area contributed by atoms with E-state index in [1.165, 1.54) is 11.8 Å². The summed E-state index contributed by atoms with van der Waals surface area (Å²) in [6, 6.07) is 29.4. The summed E-state index contributed by atoms with van der Waals surface area (Å²) in [6.45, 7) is 4.19. The van der Waals surface area contributed by atoms with Crippen LogP contribution in [0.25, 0.3) is 0 Å². The van der Waals surface area contributed by atoms with E-state index in [1.54, 1.807) is 17.2 Å². The van der Waals surface area contributed by atoms with Crippen LogP contribution in [0.2, 0.25) is 0 Å². The molecule has 148 valence electrons. The first-order valence-electron chi connectivity index (χ1n) is 9.64. The van der Waals surface area contributed by atoms with E-state index in [0.29, 0.717) is 11.7 Å². The second kappa shape index (κ2) is 8.93. The fourth-order valence-electron chi connectivity index (χ4n) is 3.44. The first kappa shape index (κ1) is 19.9. The predicted octanol–water partition coefficient (Wildman–Crippen LogP) is 5.08. The van der Waals surface area contributed by atoms with Crippen molar-refractivity contribution in [2.45, 2.75) is 4.75 Å². The van der Waals surface area contributed by atoms with E-state index in [2.05, 4.69) is 16.8 Å². The molecule has 5 heteroatoms. The Morgan fingerprint density at radius 3 is 1.93 bits per heavy atom. The maximum Gasteiger partial charge on any atom is 0.254 e. The van der Waals surface area contributed by atoms with Gasteiger partial charge in [-0.1, -0.05) is 109 Å². The van der Waals surface area contributed by atoms with Crippen molar-refractivity contribution in [3.63, 3.8) is 0 Å². The van der Waals surface area contributed by atoms with Crippen molar-refractivity contribution in [3.8, 4) is 0 Å². The van der Waals surface area contributed by atoms with Crippen LogP contribution < -0.4 is 0 Å². The number of hydrogen-bond acceptors (Lipinski definition) is 4. The molecule has 0 atom stereocenters. The molecule has 3 aromatic rings. The van der Waals surface area contributed by atoms with Gasteiger partial charge in [0, 0.05) is 6.54 Å². The number of thioether (sulfide) groups is 1.